The van der Waals surface area contributed by atoms with Crippen LogP contribution in [0.1, 0.15) is 41.7 Å². The summed E-state index contributed by atoms with van der Waals surface area (Å²) >= 11 is 0. The summed E-state index contributed by atoms with van der Waals surface area (Å²) in [6.45, 7) is 2.87. The number of rotatable bonds is 5. The Labute approximate surface area is 113 Å². The molecule has 1 amide bonds. The number of ether oxygens (including phenoxy) is 1. The summed E-state index contributed by atoms with van der Waals surface area (Å²) in [6.07, 6.45) is 6.73. The van der Waals surface area contributed by atoms with Gasteiger partial charge in [0.05, 0.1) is 35.9 Å². The average Bonchev–Trinajstić information content (AvgIpc) is 2.90. The Hall–Kier alpha value is -1.62. The molecule has 1 aromatic heterocycles. The van der Waals surface area contributed by atoms with Crippen LogP contribution in [0.4, 0.5) is 5.69 Å². The van der Waals surface area contributed by atoms with Crippen LogP contribution < -0.4 is 11.1 Å². The summed E-state index contributed by atoms with van der Waals surface area (Å²) in [7, 11) is 0. The van der Waals surface area contributed by atoms with Crippen LogP contribution in [0.15, 0.2) is 12.3 Å². The van der Waals surface area contributed by atoms with Crippen molar-refractivity contribution in [3.63, 3.8) is 0 Å². The van der Waals surface area contributed by atoms with E-state index in [1.54, 1.807) is 19.2 Å². The fourth-order valence-electron chi connectivity index (χ4n) is 2.32. The minimum Gasteiger partial charge on any atom is -0.397 e. The van der Waals surface area contributed by atoms with Gasteiger partial charge in [0.2, 0.25) is 0 Å². The lowest BCUT2D eigenvalue weighted by atomic mass is 10.2. The lowest BCUT2D eigenvalue weighted by molar-refractivity contribution is 0.0581. The quantitative estimate of drug-likeness (QED) is 0.792. The van der Waals surface area contributed by atoms with Gasteiger partial charge in [-0.05, 0) is 25.8 Å². The van der Waals surface area contributed by atoms with E-state index in [4.69, 9.17) is 10.5 Å². The van der Waals surface area contributed by atoms with Gasteiger partial charge in [-0.25, -0.2) is 0 Å². The molecule has 0 aliphatic heterocycles. The molecule has 5 heteroatoms. The Morgan fingerprint density at radius 1 is 1.53 bits per heavy atom. The molecule has 0 aromatic carbocycles. The molecule has 1 fully saturated rings. The Bertz CT molecular complexity index is 442. The van der Waals surface area contributed by atoms with Gasteiger partial charge in [-0.1, -0.05) is 12.8 Å². The molecule has 104 valence electrons. The maximum Gasteiger partial charge on any atom is 0.253 e. The van der Waals surface area contributed by atoms with Crippen molar-refractivity contribution in [1.82, 2.24) is 10.3 Å². The number of hydrogen-bond donors (Lipinski definition) is 2. The second-order valence-corrected chi connectivity index (χ2v) is 4.93. The van der Waals surface area contributed by atoms with Gasteiger partial charge in [0.15, 0.2) is 0 Å². The highest BCUT2D eigenvalue weighted by atomic mass is 16.5. The third-order valence-corrected chi connectivity index (χ3v) is 3.40. The van der Waals surface area contributed by atoms with Gasteiger partial charge in [0, 0.05) is 6.54 Å². The van der Waals surface area contributed by atoms with E-state index in [0.29, 0.717) is 36.2 Å². The van der Waals surface area contributed by atoms with Gasteiger partial charge in [0.1, 0.15) is 0 Å². The third kappa shape index (κ3) is 3.92. The Balaban J connectivity index is 1.75. The molecule has 0 radical (unpaired) electrons. The Morgan fingerprint density at radius 3 is 3.00 bits per heavy atom. The molecule has 1 aliphatic rings. The van der Waals surface area contributed by atoms with Crippen LogP contribution in [0, 0.1) is 6.92 Å². The summed E-state index contributed by atoms with van der Waals surface area (Å²) in [4.78, 5) is 16.0. The third-order valence-electron chi connectivity index (χ3n) is 3.40. The first-order chi connectivity index (χ1) is 9.16. The van der Waals surface area contributed by atoms with E-state index >= 15 is 0 Å². The lowest BCUT2D eigenvalue weighted by Gasteiger charge is -2.12. The van der Waals surface area contributed by atoms with E-state index in [-0.39, 0.29) is 5.91 Å². The van der Waals surface area contributed by atoms with Crippen LogP contribution in [0.25, 0.3) is 0 Å². The number of hydrogen-bond acceptors (Lipinski definition) is 4. The Morgan fingerprint density at radius 2 is 2.26 bits per heavy atom. The number of aromatic nitrogens is 1. The van der Waals surface area contributed by atoms with E-state index in [0.717, 1.165) is 12.8 Å². The zero-order valence-electron chi connectivity index (χ0n) is 11.3. The molecule has 0 atom stereocenters. The molecule has 0 bridgehead atoms. The number of carbonyl (C=O) groups is 1. The van der Waals surface area contributed by atoms with Crippen molar-refractivity contribution in [3.05, 3.63) is 23.5 Å². The van der Waals surface area contributed by atoms with Gasteiger partial charge in [-0.2, -0.15) is 0 Å². The molecule has 1 heterocycles. The van der Waals surface area contributed by atoms with Crippen molar-refractivity contribution >= 4 is 11.6 Å². The molecule has 19 heavy (non-hydrogen) atoms. The van der Waals surface area contributed by atoms with Gasteiger partial charge in [-0.15, -0.1) is 0 Å². The van der Waals surface area contributed by atoms with E-state index in [1.807, 2.05) is 0 Å². The fraction of sp³-hybridized carbons (Fsp3) is 0.571. The number of anilines is 1. The standard InChI is InChI=1S/C14H21N3O2/c1-10-13(8-11(15)9-17-10)14(18)16-6-7-19-12-4-2-3-5-12/h8-9,12H,2-7,15H2,1H3,(H,16,18). The number of carbonyl (C=O) groups excluding carboxylic acids is 1. The monoisotopic (exact) mass is 263 g/mol. The number of pyridine rings is 1. The molecular formula is C14H21N3O2. The van der Waals surface area contributed by atoms with E-state index in [2.05, 4.69) is 10.3 Å². The molecule has 0 saturated heterocycles. The zero-order chi connectivity index (χ0) is 13.7. The molecular weight excluding hydrogens is 242 g/mol. The molecule has 0 spiro atoms. The van der Waals surface area contributed by atoms with Gasteiger partial charge in [-0.3, -0.25) is 9.78 Å². The van der Waals surface area contributed by atoms with Crippen molar-refractivity contribution in [3.8, 4) is 0 Å². The molecule has 1 aromatic rings. The maximum atomic E-state index is 12.0. The fourth-order valence-corrected chi connectivity index (χ4v) is 2.32. The van der Waals surface area contributed by atoms with Crippen LogP contribution in [0.3, 0.4) is 0 Å². The molecule has 5 nitrogen and oxygen atoms in total. The van der Waals surface area contributed by atoms with Crippen LogP contribution in [-0.2, 0) is 4.74 Å². The molecule has 1 saturated carbocycles. The molecule has 1 aliphatic carbocycles. The van der Waals surface area contributed by atoms with Gasteiger partial charge < -0.3 is 15.8 Å². The van der Waals surface area contributed by atoms with Gasteiger partial charge >= 0.3 is 0 Å². The van der Waals surface area contributed by atoms with Crippen molar-refractivity contribution in [2.75, 3.05) is 18.9 Å². The number of nitrogens with one attached hydrogen (secondary N) is 1. The van der Waals surface area contributed by atoms with Crippen LogP contribution in [0.5, 0.6) is 0 Å². The predicted octanol–water partition coefficient (Wildman–Crippen LogP) is 1.66. The SMILES string of the molecule is Cc1ncc(N)cc1C(=O)NCCOC1CCCC1. The van der Waals surface area contributed by atoms with Crippen molar-refractivity contribution in [2.24, 2.45) is 0 Å². The highest BCUT2D eigenvalue weighted by molar-refractivity contribution is 5.95. The van der Waals surface area contributed by atoms with Crippen molar-refractivity contribution in [2.45, 2.75) is 38.7 Å². The zero-order valence-corrected chi connectivity index (χ0v) is 11.3. The largest absolute Gasteiger partial charge is 0.397 e. The number of amides is 1. The van der Waals surface area contributed by atoms with Crippen LogP contribution >= 0.6 is 0 Å². The molecule has 3 N–H and O–H groups in total. The number of nitrogen functional groups attached to an aromatic ring is 1. The lowest BCUT2D eigenvalue weighted by Crippen LogP contribution is -2.29. The van der Waals surface area contributed by atoms with Crippen molar-refractivity contribution < 1.29 is 9.53 Å². The molecule has 2 rings (SSSR count). The second kappa shape index (κ2) is 6.52. The summed E-state index contributed by atoms with van der Waals surface area (Å²) in [5.74, 6) is -0.146. The number of nitrogens with two attached hydrogens (primary N) is 1. The highest BCUT2D eigenvalue weighted by Gasteiger charge is 2.15. The van der Waals surface area contributed by atoms with E-state index in [1.165, 1.54) is 12.8 Å². The first kappa shape index (κ1) is 13.8. The van der Waals surface area contributed by atoms with E-state index < -0.39 is 0 Å². The minimum atomic E-state index is -0.146. The molecule has 0 unspecified atom stereocenters. The number of nitrogens with zero attached hydrogens (tertiary/aromatic N) is 1. The first-order valence-corrected chi connectivity index (χ1v) is 6.79. The predicted molar refractivity (Wildman–Crippen MR) is 73.9 cm³/mol. The highest BCUT2D eigenvalue weighted by Crippen LogP contribution is 2.20. The van der Waals surface area contributed by atoms with Gasteiger partial charge in [0.25, 0.3) is 5.91 Å². The smallest absolute Gasteiger partial charge is 0.253 e. The average molecular weight is 263 g/mol. The maximum absolute atomic E-state index is 12.0. The minimum absolute atomic E-state index is 0.146. The van der Waals surface area contributed by atoms with E-state index in [9.17, 15) is 4.79 Å². The van der Waals surface area contributed by atoms with Crippen LogP contribution in [-0.4, -0.2) is 30.1 Å². The topological polar surface area (TPSA) is 77.2 Å². The van der Waals surface area contributed by atoms with Crippen LogP contribution in [0.2, 0.25) is 0 Å². The van der Waals surface area contributed by atoms with Crippen molar-refractivity contribution in [1.29, 1.82) is 0 Å². The Kier molecular flexibility index (Phi) is 4.74. The number of aryl methyl sites for hydroxylation is 1. The summed E-state index contributed by atoms with van der Waals surface area (Å²) < 4.78 is 5.69. The summed E-state index contributed by atoms with van der Waals surface area (Å²) in [6, 6.07) is 1.65. The summed E-state index contributed by atoms with van der Waals surface area (Å²) in [5.41, 5.74) is 7.35. The summed E-state index contributed by atoms with van der Waals surface area (Å²) in [5, 5.41) is 2.83. The first-order valence-electron chi connectivity index (χ1n) is 6.79. The normalized spacial score (nSPS) is 15.6. The second-order valence-electron chi connectivity index (χ2n) is 4.93.